The largest absolute Gasteiger partial charge is 0.478 e. The van der Waals surface area contributed by atoms with Crippen molar-refractivity contribution in [2.24, 2.45) is 0 Å². The lowest BCUT2D eigenvalue weighted by Crippen LogP contribution is -2.26. The molecule has 0 radical (unpaired) electrons. The lowest BCUT2D eigenvalue weighted by Gasteiger charge is -2.20. The molecule has 37 heavy (non-hydrogen) atoms. The van der Waals surface area contributed by atoms with Crippen LogP contribution >= 0.6 is 11.3 Å². The summed E-state index contributed by atoms with van der Waals surface area (Å²) in [7, 11) is 0. The van der Waals surface area contributed by atoms with Crippen LogP contribution < -0.4 is 10.6 Å². The average Bonchev–Trinajstić information content (AvgIpc) is 3.26. The fourth-order valence-electron chi connectivity index (χ4n) is 3.58. The van der Waals surface area contributed by atoms with Gasteiger partial charge in [-0.2, -0.15) is 0 Å². The van der Waals surface area contributed by atoms with Crippen molar-refractivity contribution < 1.29 is 29.0 Å². The van der Waals surface area contributed by atoms with Gasteiger partial charge in [0.15, 0.2) is 0 Å². The van der Waals surface area contributed by atoms with Gasteiger partial charge in [0.05, 0.1) is 11.1 Å². The molecule has 0 spiro atoms. The fourth-order valence-corrected chi connectivity index (χ4v) is 4.55. The minimum absolute atomic E-state index is 0.0639. The molecule has 0 saturated heterocycles. The first-order chi connectivity index (χ1) is 17.6. The average molecular weight is 523 g/mol. The van der Waals surface area contributed by atoms with Gasteiger partial charge in [-0.15, -0.1) is 11.3 Å². The monoisotopic (exact) mass is 522 g/mol. The standard InChI is InChI=1S/C28H30N2O6S/c1-28(2,3)36-27(35)23-21(18-11-5-4-6-12-18)17-37-25(23)30-22(31)15-9-10-16-29-24(32)19-13-7-8-14-20(19)26(33)34/h4-8,11-14,17H,9-10,15-16H2,1-3H3,(H,29,32)(H,30,31)(H,33,34). The number of rotatable bonds is 10. The number of aromatic carboxylic acids is 1. The molecule has 194 valence electrons. The maximum Gasteiger partial charge on any atom is 0.342 e. The number of carboxylic acid groups (broad SMARTS) is 1. The summed E-state index contributed by atoms with van der Waals surface area (Å²) >= 11 is 1.26. The van der Waals surface area contributed by atoms with E-state index in [1.807, 2.05) is 35.7 Å². The number of carbonyl (C=O) groups is 4. The van der Waals surface area contributed by atoms with Gasteiger partial charge in [0, 0.05) is 23.9 Å². The van der Waals surface area contributed by atoms with E-state index in [0.29, 0.717) is 35.5 Å². The molecule has 0 fully saturated rings. The summed E-state index contributed by atoms with van der Waals surface area (Å²) in [5.74, 6) is -2.41. The number of carbonyl (C=O) groups excluding carboxylic acids is 3. The summed E-state index contributed by atoms with van der Waals surface area (Å²) in [5.41, 5.74) is 1.20. The van der Waals surface area contributed by atoms with Crippen LogP contribution in [0.25, 0.3) is 11.1 Å². The second-order valence-electron chi connectivity index (χ2n) is 9.33. The SMILES string of the molecule is CC(C)(C)OC(=O)c1c(-c2ccccc2)csc1NC(=O)CCCCNC(=O)c1ccccc1C(=O)O. The number of hydrogen-bond acceptors (Lipinski definition) is 6. The molecule has 0 aliphatic rings. The number of anilines is 1. The minimum Gasteiger partial charge on any atom is -0.478 e. The van der Waals surface area contributed by atoms with Gasteiger partial charge in [0.25, 0.3) is 5.91 Å². The lowest BCUT2D eigenvalue weighted by molar-refractivity contribution is -0.116. The number of amides is 2. The topological polar surface area (TPSA) is 122 Å². The van der Waals surface area contributed by atoms with Crippen LogP contribution in [0.15, 0.2) is 60.0 Å². The van der Waals surface area contributed by atoms with Gasteiger partial charge in [0.2, 0.25) is 5.91 Å². The van der Waals surface area contributed by atoms with Gasteiger partial charge in [0.1, 0.15) is 16.2 Å². The highest BCUT2D eigenvalue weighted by Gasteiger charge is 2.26. The van der Waals surface area contributed by atoms with E-state index in [4.69, 9.17) is 4.74 Å². The predicted molar refractivity (Wildman–Crippen MR) is 143 cm³/mol. The second kappa shape index (κ2) is 12.3. The highest BCUT2D eigenvalue weighted by Crippen LogP contribution is 2.37. The molecule has 1 heterocycles. The number of esters is 1. The van der Waals surface area contributed by atoms with E-state index in [0.717, 1.165) is 5.56 Å². The van der Waals surface area contributed by atoms with Crippen LogP contribution in [-0.2, 0) is 9.53 Å². The van der Waals surface area contributed by atoms with Crippen LogP contribution in [0, 0.1) is 0 Å². The molecule has 0 saturated carbocycles. The molecule has 0 bridgehead atoms. The lowest BCUT2D eigenvalue weighted by atomic mass is 10.0. The molecular weight excluding hydrogens is 492 g/mol. The Balaban J connectivity index is 1.58. The number of nitrogens with one attached hydrogen (secondary N) is 2. The first-order valence-electron chi connectivity index (χ1n) is 11.9. The molecule has 0 atom stereocenters. The van der Waals surface area contributed by atoms with E-state index in [1.165, 1.54) is 23.5 Å². The normalized spacial score (nSPS) is 11.0. The van der Waals surface area contributed by atoms with Crippen LogP contribution in [0.1, 0.15) is 71.1 Å². The van der Waals surface area contributed by atoms with Crippen molar-refractivity contribution in [2.75, 3.05) is 11.9 Å². The van der Waals surface area contributed by atoms with Crippen molar-refractivity contribution in [3.05, 3.63) is 76.7 Å². The van der Waals surface area contributed by atoms with Gasteiger partial charge < -0.3 is 20.5 Å². The van der Waals surface area contributed by atoms with Gasteiger partial charge in [-0.1, -0.05) is 42.5 Å². The van der Waals surface area contributed by atoms with E-state index in [2.05, 4.69) is 10.6 Å². The number of thiophene rings is 1. The summed E-state index contributed by atoms with van der Waals surface area (Å²) in [6.45, 7) is 5.66. The molecule has 2 aromatic carbocycles. The smallest absolute Gasteiger partial charge is 0.342 e. The van der Waals surface area contributed by atoms with Crippen LogP contribution in [0.3, 0.4) is 0 Å². The van der Waals surface area contributed by atoms with E-state index < -0.39 is 23.4 Å². The Morgan fingerprint density at radius 2 is 1.57 bits per heavy atom. The van der Waals surface area contributed by atoms with Crippen LogP contribution in [0.2, 0.25) is 0 Å². The molecule has 3 N–H and O–H groups in total. The molecule has 0 unspecified atom stereocenters. The first kappa shape index (κ1) is 27.6. The quantitative estimate of drug-likeness (QED) is 0.235. The van der Waals surface area contributed by atoms with Gasteiger partial charge in [-0.05, 0) is 51.3 Å². The van der Waals surface area contributed by atoms with Gasteiger partial charge in [-0.25, -0.2) is 9.59 Å². The molecule has 0 aliphatic carbocycles. The zero-order valence-corrected chi connectivity index (χ0v) is 21.8. The van der Waals surface area contributed by atoms with Crippen LogP contribution in [0.5, 0.6) is 0 Å². The summed E-state index contributed by atoms with van der Waals surface area (Å²) < 4.78 is 5.60. The Morgan fingerprint density at radius 3 is 2.22 bits per heavy atom. The van der Waals surface area contributed by atoms with Gasteiger partial charge >= 0.3 is 11.9 Å². The Morgan fingerprint density at radius 1 is 0.919 bits per heavy atom. The van der Waals surface area contributed by atoms with E-state index in [1.54, 1.807) is 32.9 Å². The number of benzene rings is 2. The van der Waals surface area contributed by atoms with Crippen LogP contribution in [0.4, 0.5) is 5.00 Å². The Bertz CT molecular complexity index is 1280. The van der Waals surface area contributed by atoms with Crippen molar-refractivity contribution in [3.8, 4) is 11.1 Å². The Hall–Kier alpha value is -3.98. The molecular formula is C28H30N2O6S. The molecule has 3 aromatic rings. The van der Waals surface area contributed by atoms with Crippen molar-refractivity contribution in [1.29, 1.82) is 0 Å². The molecule has 0 aliphatic heterocycles. The maximum absolute atomic E-state index is 13.0. The third-order valence-electron chi connectivity index (χ3n) is 5.25. The first-order valence-corrected chi connectivity index (χ1v) is 12.8. The highest BCUT2D eigenvalue weighted by atomic mass is 32.1. The zero-order chi connectivity index (χ0) is 27.0. The molecule has 2 amide bonds. The summed E-state index contributed by atoms with van der Waals surface area (Å²) in [6, 6.07) is 15.4. The number of carboxylic acids is 1. The highest BCUT2D eigenvalue weighted by molar-refractivity contribution is 7.15. The van der Waals surface area contributed by atoms with Crippen molar-refractivity contribution in [1.82, 2.24) is 5.32 Å². The Kier molecular flexibility index (Phi) is 9.19. The number of ether oxygens (including phenoxy) is 1. The summed E-state index contributed by atoms with van der Waals surface area (Å²) in [4.78, 5) is 49.3. The molecule has 3 rings (SSSR count). The second-order valence-corrected chi connectivity index (χ2v) is 10.2. The van der Waals surface area contributed by atoms with Crippen molar-refractivity contribution in [2.45, 2.75) is 45.6 Å². The predicted octanol–water partition coefficient (Wildman–Crippen LogP) is 5.61. The third kappa shape index (κ3) is 7.75. The third-order valence-corrected chi connectivity index (χ3v) is 6.15. The molecule has 8 nitrogen and oxygen atoms in total. The van der Waals surface area contributed by atoms with Crippen LogP contribution in [-0.4, -0.2) is 41.0 Å². The van der Waals surface area contributed by atoms with E-state index >= 15 is 0 Å². The zero-order valence-electron chi connectivity index (χ0n) is 21.0. The number of unbranched alkanes of at least 4 members (excludes halogenated alkanes) is 1. The van der Waals surface area contributed by atoms with E-state index in [9.17, 15) is 24.3 Å². The van der Waals surface area contributed by atoms with E-state index in [-0.39, 0.29) is 23.5 Å². The molecule has 1 aromatic heterocycles. The Labute approximate surface area is 219 Å². The maximum atomic E-state index is 13.0. The van der Waals surface area contributed by atoms with Crippen molar-refractivity contribution >= 4 is 40.1 Å². The van der Waals surface area contributed by atoms with Gasteiger partial charge in [-0.3, -0.25) is 9.59 Å². The summed E-state index contributed by atoms with van der Waals surface area (Å²) in [6.07, 6.45) is 1.20. The fraction of sp³-hybridized carbons (Fsp3) is 0.286. The number of hydrogen-bond donors (Lipinski definition) is 3. The van der Waals surface area contributed by atoms with Crippen molar-refractivity contribution in [3.63, 3.8) is 0 Å². The molecule has 9 heteroatoms. The minimum atomic E-state index is -1.17. The summed E-state index contributed by atoms with van der Waals surface area (Å²) in [5, 5.41) is 17.0.